The zero-order valence-electron chi connectivity index (χ0n) is 18.2. The molecule has 1 aliphatic rings. The van der Waals surface area contributed by atoms with Crippen LogP contribution in [0.4, 0.5) is 4.39 Å². The second-order valence-corrected chi connectivity index (χ2v) is 7.96. The number of aliphatic imine (C=N–C) groups is 1. The van der Waals surface area contributed by atoms with Crippen molar-refractivity contribution in [1.29, 1.82) is 0 Å². The molecule has 2 aromatic rings. The van der Waals surface area contributed by atoms with E-state index in [-0.39, 0.29) is 11.4 Å². The molecule has 2 N–H and O–H groups in total. The molecule has 9 heteroatoms. The zero-order chi connectivity index (χ0) is 22.2. The van der Waals surface area contributed by atoms with Gasteiger partial charge in [0.25, 0.3) is 5.56 Å². The van der Waals surface area contributed by atoms with Crippen LogP contribution < -0.4 is 10.9 Å². The van der Waals surface area contributed by atoms with Crippen molar-refractivity contribution in [1.82, 2.24) is 24.9 Å². The first-order valence-corrected chi connectivity index (χ1v) is 11.3. The maximum absolute atomic E-state index is 13.2. The van der Waals surface area contributed by atoms with Crippen LogP contribution in [0, 0.1) is 5.82 Å². The first-order valence-electron chi connectivity index (χ1n) is 10.9. The highest BCUT2D eigenvalue weighted by molar-refractivity contribution is 7.80. The molecule has 3 rings (SSSR count). The van der Waals surface area contributed by atoms with Crippen molar-refractivity contribution >= 4 is 23.5 Å². The Hall–Kier alpha value is -2.52. The third-order valence-corrected chi connectivity index (χ3v) is 5.75. The molecule has 1 aromatic carbocycles. The van der Waals surface area contributed by atoms with Gasteiger partial charge in [-0.15, -0.1) is 0 Å². The SMILES string of the molecule is CCCc1[nH]n(-c2ccc(F)cc2)c(=O)c1C=NCCN1CCN(C(=S)NCC)CC1. The van der Waals surface area contributed by atoms with E-state index in [0.29, 0.717) is 17.8 Å². The van der Waals surface area contributed by atoms with Crippen LogP contribution in [-0.4, -0.2) is 76.7 Å². The van der Waals surface area contributed by atoms with Crippen molar-refractivity contribution in [2.24, 2.45) is 4.99 Å². The van der Waals surface area contributed by atoms with Crippen LogP contribution in [-0.2, 0) is 6.42 Å². The average Bonchev–Trinajstić information content (AvgIpc) is 3.08. The summed E-state index contributed by atoms with van der Waals surface area (Å²) in [5.41, 5.74) is 1.87. The predicted molar refractivity (Wildman–Crippen MR) is 127 cm³/mol. The molecular formula is C22H31FN6OS. The molecule has 7 nitrogen and oxygen atoms in total. The number of nitrogens with zero attached hydrogens (tertiary/aromatic N) is 4. The highest BCUT2D eigenvalue weighted by Crippen LogP contribution is 2.10. The van der Waals surface area contributed by atoms with E-state index in [0.717, 1.165) is 62.9 Å². The van der Waals surface area contributed by atoms with Gasteiger partial charge in [-0.3, -0.25) is 19.8 Å². The fraction of sp³-hybridized carbons (Fsp3) is 0.500. The van der Waals surface area contributed by atoms with Crippen LogP contribution in [0.15, 0.2) is 34.1 Å². The van der Waals surface area contributed by atoms with Crippen LogP contribution >= 0.6 is 12.2 Å². The molecule has 1 aromatic heterocycles. The van der Waals surface area contributed by atoms with Gasteiger partial charge in [-0.25, -0.2) is 9.07 Å². The van der Waals surface area contributed by atoms with Crippen LogP contribution in [0.1, 0.15) is 31.5 Å². The van der Waals surface area contributed by atoms with Gasteiger partial charge in [-0.1, -0.05) is 13.3 Å². The maximum Gasteiger partial charge on any atom is 0.280 e. The Bertz CT molecular complexity index is 944. The number of thiocarbonyl (C=S) groups is 1. The maximum atomic E-state index is 13.2. The smallest absolute Gasteiger partial charge is 0.280 e. The molecule has 31 heavy (non-hydrogen) atoms. The van der Waals surface area contributed by atoms with Gasteiger partial charge in [0.15, 0.2) is 5.11 Å². The van der Waals surface area contributed by atoms with Crippen molar-refractivity contribution < 1.29 is 4.39 Å². The molecular weight excluding hydrogens is 415 g/mol. The number of aryl methyl sites for hydroxylation is 1. The summed E-state index contributed by atoms with van der Waals surface area (Å²) in [4.78, 5) is 22.0. The fourth-order valence-corrected chi connectivity index (χ4v) is 3.96. The highest BCUT2D eigenvalue weighted by atomic mass is 32.1. The molecule has 0 radical (unpaired) electrons. The second-order valence-electron chi connectivity index (χ2n) is 7.57. The number of piperazine rings is 1. The second kappa shape index (κ2) is 11.2. The van der Waals surface area contributed by atoms with E-state index in [1.54, 1.807) is 18.3 Å². The van der Waals surface area contributed by atoms with Crippen LogP contribution in [0.5, 0.6) is 0 Å². The van der Waals surface area contributed by atoms with Crippen LogP contribution in [0.2, 0.25) is 0 Å². The van der Waals surface area contributed by atoms with E-state index in [1.807, 2.05) is 6.92 Å². The lowest BCUT2D eigenvalue weighted by molar-refractivity contribution is 0.186. The number of halogens is 1. The molecule has 0 atom stereocenters. The standard InChI is InChI=1S/C22H31FN6OS/c1-3-5-20-19(21(30)29(26-20)18-8-6-17(23)7-9-18)16-24-10-11-27-12-14-28(15-13-27)22(31)25-4-2/h6-9,16,26H,3-5,10-15H2,1-2H3,(H,25,31). The first-order chi connectivity index (χ1) is 15.0. The third-order valence-electron chi connectivity index (χ3n) is 5.34. The van der Waals surface area contributed by atoms with Crippen molar-refractivity contribution in [3.05, 3.63) is 51.7 Å². The van der Waals surface area contributed by atoms with Crippen molar-refractivity contribution in [2.45, 2.75) is 26.7 Å². The minimum Gasteiger partial charge on any atom is -0.363 e. The van der Waals surface area contributed by atoms with Gasteiger partial charge in [0, 0.05) is 51.2 Å². The lowest BCUT2D eigenvalue weighted by atomic mass is 10.2. The Morgan fingerprint density at radius 2 is 1.94 bits per heavy atom. The summed E-state index contributed by atoms with van der Waals surface area (Å²) >= 11 is 5.38. The van der Waals surface area contributed by atoms with E-state index >= 15 is 0 Å². The molecule has 1 aliphatic heterocycles. The Morgan fingerprint density at radius 3 is 2.58 bits per heavy atom. The van der Waals surface area contributed by atoms with Crippen molar-refractivity contribution in [3.8, 4) is 5.69 Å². The summed E-state index contributed by atoms with van der Waals surface area (Å²) in [6.45, 7) is 10.2. The lowest BCUT2D eigenvalue weighted by Gasteiger charge is -2.35. The Morgan fingerprint density at radius 1 is 1.23 bits per heavy atom. The van der Waals surface area contributed by atoms with Crippen LogP contribution in [0.25, 0.3) is 5.69 Å². The summed E-state index contributed by atoms with van der Waals surface area (Å²) < 4.78 is 14.7. The van der Waals surface area contributed by atoms with Gasteiger partial charge in [0.05, 0.1) is 17.8 Å². The molecule has 1 saturated heterocycles. The molecule has 2 heterocycles. The molecule has 168 valence electrons. The number of nitrogens with one attached hydrogen (secondary N) is 2. The number of benzene rings is 1. The summed E-state index contributed by atoms with van der Waals surface area (Å²) in [6, 6.07) is 5.87. The molecule has 1 fully saturated rings. The Labute approximate surface area is 187 Å². The number of aromatic amines is 1. The van der Waals surface area contributed by atoms with Gasteiger partial charge in [-0.05, 0) is 49.8 Å². The Balaban J connectivity index is 1.60. The number of hydrogen-bond acceptors (Lipinski definition) is 4. The van der Waals surface area contributed by atoms with Gasteiger partial charge in [0.2, 0.25) is 0 Å². The number of H-pyrrole nitrogens is 1. The topological polar surface area (TPSA) is 68.7 Å². The monoisotopic (exact) mass is 446 g/mol. The summed E-state index contributed by atoms with van der Waals surface area (Å²) in [5.74, 6) is -0.330. The fourth-order valence-electron chi connectivity index (χ4n) is 3.63. The number of rotatable bonds is 8. The summed E-state index contributed by atoms with van der Waals surface area (Å²) in [6.07, 6.45) is 3.34. The van der Waals surface area contributed by atoms with E-state index in [4.69, 9.17) is 12.2 Å². The molecule has 0 bridgehead atoms. The molecule has 0 spiro atoms. The molecule has 0 amide bonds. The van der Waals surface area contributed by atoms with E-state index < -0.39 is 0 Å². The van der Waals surface area contributed by atoms with Gasteiger partial charge in [0.1, 0.15) is 5.82 Å². The zero-order valence-corrected chi connectivity index (χ0v) is 19.1. The number of hydrogen-bond donors (Lipinski definition) is 2. The predicted octanol–water partition coefficient (Wildman–Crippen LogP) is 2.19. The molecule has 0 unspecified atom stereocenters. The van der Waals surface area contributed by atoms with Gasteiger partial charge < -0.3 is 10.2 Å². The van der Waals surface area contributed by atoms with Crippen molar-refractivity contribution in [3.63, 3.8) is 0 Å². The minimum atomic E-state index is -0.330. The third kappa shape index (κ3) is 6.01. The molecule has 0 aliphatic carbocycles. The normalized spacial score (nSPS) is 15.0. The first kappa shape index (κ1) is 23.1. The van der Waals surface area contributed by atoms with E-state index in [2.05, 4.69) is 32.1 Å². The largest absolute Gasteiger partial charge is 0.363 e. The quantitative estimate of drug-likeness (QED) is 0.481. The minimum absolute atomic E-state index is 0.163. The number of aromatic nitrogens is 2. The molecule has 0 saturated carbocycles. The van der Waals surface area contributed by atoms with Crippen LogP contribution in [0.3, 0.4) is 0 Å². The highest BCUT2D eigenvalue weighted by Gasteiger charge is 2.18. The Kier molecular flexibility index (Phi) is 8.36. The van der Waals surface area contributed by atoms with Crippen molar-refractivity contribution in [2.75, 3.05) is 45.8 Å². The lowest BCUT2D eigenvalue weighted by Crippen LogP contribution is -2.52. The average molecular weight is 447 g/mol. The van der Waals surface area contributed by atoms with E-state index in [1.165, 1.54) is 16.8 Å². The van der Waals surface area contributed by atoms with E-state index in [9.17, 15) is 9.18 Å². The summed E-state index contributed by atoms with van der Waals surface area (Å²) in [5, 5.41) is 7.19. The van der Waals surface area contributed by atoms with Gasteiger partial charge in [-0.2, -0.15) is 0 Å². The summed E-state index contributed by atoms with van der Waals surface area (Å²) in [7, 11) is 0. The van der Waals surface area contributed by atoms with Gasteiger partial charge >= 0.3 is 0 Å².